The first-order chi connectivity index (χ1) is 12.0. The van der Waals surface area contributed by atoms with Crippen molar-refractivity contribution < 1.29 is 9.53 Å². The summed E-state index contributed by atoms with van der Waals surface area (Å²) in [6.45, 7) is 15.0. The molecule has 0 bridgehead atoms. The van der Waals surface area contributed by atoms with Crippen molar-refractivity contribution in [2.75, 3.05) is 6.61 Å². The standard InChI is InChI=1S/C23H41NO2/c1-8-9-10-19-11-13-20(14-12-19)17-23(6,7)26-16-15-22(4,5)24-21(25)18(2)3/h18-20H,10-17H2,1-7H3,(H,24,25). The molecule has 0 aliphatic heterocycles. The molecule has 0 radical (unpaired) electrons. The first-order valence-electron chi connectivity index (χ1n) is 10.4. The first-order valence-corrected chi connectivity index (χ1v) is 10.4. The van der Waals surface area contributed by atoms with Gasteiger partial charge in [0.05, 0.1) is 5.60 Å². The van der Waals surface area contributed by atoms with Crippen molar-refractivity contribution in [3.8, 4) is 11.8 Å². The van der Waals surface area contributed by atoms with Crippen LogP contribution in [0.1, 0.15) is 93.4 Å². The van der Waals surface area contributed by atoms with Gasteiger partial charge in [0.1, 0.15) is 0 Å². The SMILES string of the molecule is CC#CCC1CCC(CC(C)(C)OCCC(C)(C)NC(=O)C(C)C)CC1. The summed E-state index contributed by atoms with van der Waals surface area (Å²) in [6, 6.07) is 0. The highest BCUT2D eigenvalue weighted by atomic mass is 16.5. The van der Waals surface area contributed by atoms with Crippen molar-refractivity contribution in [2.24, 2.45) is 17.8 Å². The number of ether oxygens (including phenoxy) is 1. The molecule has 150 valence electrons. The van der Waals surface area contributed by atoms with Crippen LogP contribution < -0.4 is 5.32 Å². The quantitative estimate of drug-likeness (QED) is 0.562. The number of carbonyl (C=O) groups excluding carboxylic acids is 1. The van der Waals surface area contributed by atoms with Gasteiger partial charge in [0.15, 0.2) is 0 Å². The van der Waals surface area contributed by atoms with E-state index in [4.69, 9.17) is 4.74 Å². The van der Waals surface area contributed by atoms with E-state index < -0.39 is 0 Å². The number of hydrogen-bond donors (Lipinski definition) is 1. The maximum atomic E-state index is 11.9. The van der Waals surface area contributed by atoms with Gasteiger partial charge in [-0.25, -0.2) is 0 Å². The van der Waals surface area contributed by atoms with Crippen LogP contribution in [0.2, 0.25) is 0 Å². The molecular formula is C23H41NO2. The summed E-state index contributed by atoms with van der Waals surface area (Å²) in [5.41, 5.74) is -0.325. The largest absolute Gasteiger partial charge is 0.375 e. The first kappa shape index (κ1) is 23.0. The zero-order valence-corrected chi connectivity index (χ0v) is 18.2. The fourth-order valence-electron chi connectivity index (χ4n) is 3.76. The van der Waals surface area contributed by atoms with Gasteiger partial charge in [-0.3, -0.25) is 4.79 Å². The summed E-state index contributed by atoms with van der Waals surface area (Å²) in [5.74, 6) is 7.96. The van der Waals surface area contributed by atoms with Crippen molar-refractivity contribution in [3.63, 3.8) is 0 Å². The van der Waals surface area contributed by atoms with Gasteiger partial charge in [0.25, 0.3) is 0 Å². The topological polar surface area (TPSA) is 38.3 Å². The highest BCUT2D eigenvalue weighted by Gasteiger charge is 2.29. The Morgan fingerprint density at radius 2 is 1.69 bits per heavy atom. The lowest BCUT2D eigenvalue weighted by atomic mass is 9.76. The highest BCUT2D eigenvalue weighted by Crippen LogP contribution is 2.36. The van der Waals surface area contributed by atoms with E-state index in [2.05, 4.69) is 44.9 Å². The Bertz CT molecular complexity index is 488. The molecule has 26 heavy (non-hydrogen) atoms. The van der Waals surface area contributed by atoms with Crippen LogP contribution in [0, 0.1) is 29.6 Å². The van der Waals surface area contributed by atoms with E-state index in [1.54, 1.807) is 0 Å². The van der Waals surface area contributed by atoms with E-state index in [1.165, 1.54) is 25.7 Å². The van der Waals surface area contributed by atoms with E-state index in [1.807, 2.05) is 20.8 Å². The molecule has 0 saturated heterocycles. The van der Waals surface area contributed by atoms with Gasteiger partial charge in [0, 0.05) is 24.5 Å². The number of rotatable bonds is 9. The van der Waals surface area contributed by atoms with Crippen LogP contribution >= 0.6 is 0 Å². The van der Waals surface area contributed by atoms with Gasteiger partial charge in [-0.05, 0) is 72.1 Å². The van der Waals surface area contributed by atoms with Gasteiger partial charge < -0.3 is 10.1 Å². The van der Waals surface area contributed by atoms with Crippen LogP contribution in [0.3, 0.4) is 0 Å². The average molecular weight is 364 g/mol. The van der Waals surface area contributed by atoms with Gasteiger partial charge in [-0.1, -0.05) is 26.7 Å². The highest BCUT2D eigenvalue weighted by molar-refractivity contribution is 5.78. The second kappa shape index (κ2) is 10.4. The van der Waals surface area contributed by atoms with Crippen LogP contribution in [0.5, 0.6) is 0 Å². The molecule has 0 heterocycles. The Hall–Kier alpha value is -1.01. The summed E-state index contributed by atoms with van der Waals surface area (Å²) >= 11 is 0. The van der Waals surface area contributed by atoms with E-state index in [-0.39, 0.29) is 23.0 Å². The molecule has 0 spiro atoms. The second-order valence-electron chi connectivity index (χ2n) is 9.61. The molecule has 0 aromatic heterocycles. The van der Waals surface area contributed by atoms with Gasteiger partial charge in [0.2, 0.25) is 5.91 Å². The Balaban J connectivity index is 2.33. The molecule has 3 nitrogen and oxygen atoms in total. The normalized spacial score (nSPS) is 21.2. The Labute approximate surface area is 162 Å². The summed E-state index contributed by atoms with van der Waals surface area (Å²) in [5, 5.41) is 3.11. The molecule has 1 aliphatic rings. The fourth-order valence-corrected chi connectivity index (χ4v) is 3.76. The Morgan fingerprint density at radius 1 is 1.12 bits per heavy atom. The minimum atomic E-state index is -0.226. The molecule has 1 rings (SSSR count). The van der Waals surface area contributed by atoms with Crippen molar-refractivity contribution in [1.29, 1.82) is 0 Å². The third-order valence-electron chi connectivity index (χ3n) is 5.52. The maximum absolute atomic E-state index is 11.9. The molecule has 3 heteroatoms. The zero-order chi connectivity index (χ0) is 19.8. The van der Waals surface area contributed by atoms with Crippen molar-refractivity contribution >= 4 is 5.91 Å². The molecule has 1 saturated carbocycles. The fraction of sp³-hybridized carbons (Fsp3) is 0.870. The van der Waals surface area contributed by atoms with Crippen molar-refractivity contribution in [2.45, 2.75) is 105 Å². The molecule has 0 atom stereocenters. The number of amides is 1. The minimum Gasteiger partial charge on any atom is -0.375 e. The predicted octanol–water partition coefficient (Wildman–Crippen LogP) is 5.33. The molecule has 0 unspecified atom stereocenters. The third-order valence-corrected chi connectivity index (χ3v) is 5.52. The van der Waals surface area contributed by atoms with E-state index in [9.17, 15) is 4.79 Å². The number of nitrogens with one attached hydrogen (secondary N) is 1. The number of carbonyl (C=O) groups is 1. The average Bonchev–Trinajstić information content (AvgIpc) is 2.52. The third kappa shape index (κ3) is 9.08. The summed E-state index contributed by atoms with van der Waals surface area (Å²) in [4.78, 5) is 11.9. The van der Waals surface area contributed by atoms with Crippen molar-refractivity contribution in [1.82, 2.24) is 5.32 Å². The lowest BCUT2D eigenvalue weighted by Crippen LogP contribution is -2.46. The van der Waals surface area contributed by atoms with Crippen LogP contribution in [0.15, 0.2) is 0 Å². The molecule has 0 aromatic carbocycles. The van der Waals surface area contributed by atoms with Gasteiger partial charge >= 0.3 is 0 Å². The molecule has 1 aliphatic carbocycles. The monoisotopic (exact) mass is 363 g/mol. The van der Waals surface area contributed by atoms with E-state index in [0.717, 1.165) is 31.1 Å². The van der Waals surface area contributed by atoms with Crippen molar-refractivity contribution in [3.05, 3.63) is 0 Å². The second-order valence-corrected chi connectivity index (χ2v) is 9.61. The molecule has 1 N–H and O–H groups in total. The van der Waals surface area contributed by atoms with Crippen LogP contribution in [-0.2, 0) is 9.53 Å². The number of hydrogen-bond acceptors (Lipinski definition) is 2. The maximum Gasteiger partial charge on any atom is 0.222 e. The van der Waals surface area contributed by atoms with E-state index >= 15 is 0 Å². The predicted molar refractivity (Wildman–Crippen MR) is 110 cm³/mol. The molecule has 1 fully saturated rings. The van der Waals surface area contributed by atoms with E-state index in [0.29, 0.717) is 6.61 Å². The summed E-state index contributed by atoms with van der Waals surface area (Å²) in [7, 11) is 0. The smallest absolute Gasteiger partial charge is 0.222 e. The Kier molecular flexibility index (Phi) is 9.17. The van der Waals surface area contributed by atoms with Gasteiger partial charge in [-0.15, -0.1) is 11.8 Å². The summed E-state index contributed by atoms with van der Waals surface area (Å²) < 4.78 is 6.23. The van der Waals surface area contributed by atoms with Gasteiger partial charge in [-0.2, -0.15) is 0 Å². The summed E-state index contributed by atoms with van der Waals surface area (Å²) in [6.07, 6.45) is 8.25. The Morgan fingerprint density at radius 3 is 2.23 bits per heavy atom. The minimum absolute atomic E-state index is 0.0186. The zero-order valence-electron chi connectivity index (χ0n) is 18.2. The molecule has 1 amide bonds. The van der Waals surface area contributed by atoms with Crippen LogP contribution in [-0.4, -0.2) is 23.7 Å². The lowest BCUT2D eigenvalue weighted by molar-refractivity contribution is -0.126. The van der Waals surface area contributed by atoms with Crippen LogP contribution in [0.25, 0.3) is 0 Å². The van der Waals surface area contributed by atoms with Crippen LogP contribution in [0.4, 0.5) is 0 Å². The lowest BCUT2D eigenvalue weighted by Gasteiger charge is -2.35. The molecule has 0 aromatic rings. The molecular weight excluding hydrogens is 322 g/mol.